The van der Waals surface area contributed by atoms with Crippen LogP contribution in [-0.2, 0) is 17.6 Å². The van der Waals surface area contributed by atoms with E-state index in [1.54, 1.807) is 16.3 Å². The minimum absolute atomic E-state index is 0.0532. The van der Waals surface area contributed by atoms with E-state index in [-0.39, 0.29) is 23.9 Å². The van der Waals surface area contributed by atoms with Crippen LogP contribution >= 0.6 is 23.1 Å². The zero-order chi connectivity index (χ0) is 18.4. The third kappa shape index (κ3) is 3.06. The number of amides is 1. The summed E-state index contributed by atoms with van der Waals surface area (Å²) in [7, 11) is 0. The fourth-order valence-electron chi connectivity index (χ4n) is 3.77. The monoisotopic (exact) mass is 398 g/mol. The number of anilines is 1. The first-order valence-corrected chi connectivity index (χ1v) is 10.9. The quantitative estimate of drug-likeness (QED) is 0.684. The van der Waals surface area contributed by atoms with E-state index in [9.17, 15) is 9.59 Å². The third-order valence-corrected chi connectivity index (χ3v) is 7.13. The van der Waals surface area contributed by atoms with Gasteiger partial charge in [0.2, 0.25) is 5.91 Å². The van der Waals surface area contributed by atoms with Gasteiger partial charge in [-0.25, -0.2) is 9.97 Å². The van der Waals surface area contributed by atoms with Gasteiger partial charge >= 0.3 is 0 Å². The highest BCUT2D eigenvalue weighted by atomic mass is 32.2. The largest absolute Gasteiger partial charge is 0.302 e. The van der Waals surface area contributed by atoms with Crippen LogP contribution in [0.1, 0.15) is 36.6 Å². The molecule has 0 fully saturated rings. The highest BCUT2D eigenvalue weighted by Crippen LogP contribution is 2.34. The Morgan fingerprint density at radius 1 is 1.22 bits per heavy atom. The van der Waals surface area contributed by atoms with Gasteiger partial charge < -0.3 is 5.32 Å². The standard InChI is InChI=1S/C19H18N4O2S2/c24-16(22-18-20-14-7-3-4-8-15(14)27-18)9-11-10-26-19-21-13-6-2-1-5-12(13)17(25)23(11)19/h3-4,7-8,11H,1-2,5-6,9-10H2,(H,20,22,24). The van der Waals surface area contributed by atoms with Crippen molar-refractivity contribution in [1.82, 2.24) is 14.5 Å². The predicted octanol–water partition coefficient (Wildman–Crippen LogP) is 3.41. The maximum atomic E-state index is 12.9. The zero-order valence-electron chi connectivity index (χ0n) is 14.6. The molecule has 1 atom stereocenters. The number of aryl methyl sites for hydroxylation is 1. The van der Waals surface area contributed by atoms with Crippen molar-refractivity contribution in [2.75, 3.05) is 11.1 Å². The second-order valence-corrected chi connectivity index (χ2v) is 8.92. The molecule has 0 saturated carbocycles. The number of thiazole rings is 1. The van der Waals surface area contributed by atoms with Crippen molar-refractivity contribution in [3.63, 3.8) is 0 Å². The number of hydrogen-bond acceptors (Lipinski definition) is 6. The number of aromatic nitrogens is 3. The molecule has 3 heterocycles. The Hall–Kier alpha value is -2.19. The van der Waals surface area contributed by atoms with Crippen molar-refractivity contribution < 1.29 is 4.79 Å². The first-order valence-electron chi connectivity index (χ1n) is 9.11. The van der Waals surface area contributed by atoms with Gasteiger partial charge in [0.1, 0.15) is 0 Å². The minimum atomic E-state index is -0.147. The Balaban J connectivity index is 1.36. The molecule has 0 saturated heterocycles. The Labute approximate surface area is 164 Å². The highest BCUT2D eigenvalue weighted by molar-refractivity contribution is 7.99. The molecule has 0 radical (unpaired) electrons. The van der Waals surface area contributed by atoms with Gasteiger partial charge in [0.15, 0.2) is 10.3 Å². The number of para-hydroxylation sites is 1. The number of nitrogens with one attached hydrogen (secondary N) is 1. The van der Waals surface area contributed by atoms with Crippen LogP contribution in [0.2, 0.25) is 0 Å². The molecular weight excluding hydrogens is 380 g/mol. The number of carbonyl (C=O) groups is 1. The molecule has 1 aromatic carbocycles. The lowest BCUT2D eigenvalue weighted by molar-refractivity contribution is -0.116. The fraction of sp³-hybridized carbons (Fsp3) is 0.368. The van der Waals surface area contributed by atoms with Crippen LogP contribution in [0, 0.1) is 0 Å². The van der Waals surface area contributed by atoms with Gasteiger partial charge in [-0.15, -0.1) is 0 Å². The summed E-state index contributed by atoms with van der Waals surface area (Å²) < 4.78 is 2.79. The number of carbonyl (C=O) groups excluding carboxylic acids is 1. The molecule has 0 spiro atoms. The molecule has 1 N–H and O–H groups in total. The maximum Gasteiger partial charge on any atom is 0.257 e. The molecule has 2 aromatic heterocycles. The Bertz CT molecular complexity index is 1070. The van der Waals surface area contributed by atoms with Gasteiger partial charge in [0.05, 0.1) is 22.0 Å². The van der Waals surface area contributed by atoms with Crippen LogP contribution < -0.4 is 10.9 Å². The Kier molecular flexibility index (Phi) is 4.24. The zero-order valence-corrected chi connectivity index (χ0v) is 16.2. The van der Waals surface area contributed by atoms with Crippen molar-refractivity contribution in [1.29, 1.82) is 0 Å². The summed E-state index contributed by atoms with van der Waals surface area (Å²) in [5.41, 5.74) is 2.75. The van der Waals surface area contributed by atoms with Crippen molar-refractivity contribution in [2.45, 2.75) is 43.3 Å². The van der Waals surface area contributed by atoms with Gasteiger partial charge in [0.25, 0.3) is 5.56 Å². The molecule has 1 unspecified atom stereocenters. The van der Waals surface area contributed by atoms with Gasteiger partial charge in [-0.1, -0.05) is 35.2 Å². The van der Waals surface area contributed by atoms with E-state index in [1.807, 2.05) is 24.3 Å². The third-order valence-electron chi connectivity index (χ3n) is 5.08. The van der Waals surface area contributed by atoms with Crippen LogP contribution in [0.15, 0.2) is 34.2 Å². The number of fused-ring (bicyclic) bond motifs is 3. The fourth-order valence-corrected chi connectivity index (χ4v) is 5.81. The Morgan fingerprint density at radius 2 is 2.07 bits per heavy atom. The van der Waals surface area contributed by atoms with Gasteiger partial charge in [0, 0.05) is 17.7 Å². The number of rotatable bonds is 3. The summed E-state index contributed by atoms with van der Waals surface area (Å²) >= 11 is 3.04. The average Bonchev–Trinajstić information content (AvgIpc) is 3.25. The number of hydrogen-bond donors (Lipinski definition) is 1. The molecule has 8 heteroatoms. The first kappa shape index (κ1) is 16.9. The second kappa shape index (κ2) is 6.76. The van der Waals surface area contributed by atoms with Gasteiger partial charge in [-0.3, -0.25) is 14.2 Å². The van der Waals surface area contributed by atoms with Crippen LogP contribution in [-0.4, -0.2) is 26.2 Å². The number of thioether (sulfide) groups is 1. The lowest BCUT2D eigenvalue weighted by Crippen LogP contribution is -2.32. The smallest absolute Gasteiger partial charge is 0.257 e. The first-order chi connectivity index (χ1) is 13.2. The summed E-state index contributed by atoms with van der Waals surface area (Å²) in [5, 5.41) is 4.26. The van der Waals surface area contributed by atoms with Gasteiger partial charge in [-0.2, -0.15) is 0 Å². The van der Waals surface area contributed by atoms with Crippen molar-refractivity contribution in [2.24, 2.45) is 0 Å². The molecule has 27 heavy (non-hydrogen) atoms. The minimum Gasteiger partial charge on any atom is -0.302 e. The van der Waals surface area contributed by atoms with E-state index in [0.29, 0.717) is 10.9 Å². The summed E-state index contributed by atoms with van der Waals surface area (Å²) in [5.74, 6) is 0.593. The molecule has 1 amide bonds. The summed E-state index contributed by atoms with van der Waals surface area (Å²) in [4.78, 5) is 34.7. The van der Waals surface area contributed by atoms with Crippen LogP contribution in [0.5, 0.6) is 0 Å². The predicted molar refractivity (Wildman–Crippen MR) is 108 cm³/mol. The van der Waals surface area contributed by atoms with E-state index < -0.39 is 0 Å². The molecule has 3 aromatic rings. The van der Waals surface area contributed by atoms with Crippen molar-refractivity contribution >= 4 is 44.4 Å². The highest BCUT2D eigenvalue weighted by Gasteiger charge is 2.30. The Morgan fingerprint density at radius 3 is 2.96 bits per heavy atom. The summed E-state index contributed by atoms with van der Waals surface area (Å²) in [6, 6.07) is 7.66. The number of benzene rings is 1. The molecule has 1 aliphatic heterocycles. The molecule has 5 rings (SSSR count). The molecule has 0 bridgehead atoms. The van der Waals surface area contributed by atoms with Crippen molar-refractivity contribution in [3.8, 4) is 0 Å². The molecular formula is C19H18N4O2S2. The van der Waals surface area contributed by atoms with Crippen LogP contribution in [0.3, 0.4) is 0 Å². The van der Waals surface area contributed by atoms with E-state index in [1.165, 1.54) is 11.3 Å². The summed E-state index contributed by atoms with van der Waals surface area (Å²) in [6.45, 7) is 0. The summed E-state index contributed by atoms with van der Waals surface area (Å²) in [6.07, 6.45) is 4.09. The lowest BCUT2D eigenvalue weighted by Gasteiger charge is -2.18. The molecule has 138 valence electrons. The number of nitrogens with zero attached hydrogens (tertiary/aromatic N) is 3. The topological polar surface area (TPSA) is 76.9 Å². The second-order valence-electron chi connectivity index (χ2n) is 6.91. The van der Waals surface area contributed by atoms with Crippen LogP contribution in [0.4, 0.5) is 5.13 Å². The lowest BCUT2D eigenvalue weighted by atomic mass is 9.97. The van der Waals surface area contributed by atoms with Gasteiger partial charge in [-0.05, 0) is 37.8 Å². The average molecular weight is 399 g/mol. The molecule has 1 aliphatic carbocycles. The van der Waals surface area contributed by atoms with Crippen LogP contribution in [0.25, 0.3) is 10.2 Å². The maximum absolute atomic E-state index is 12.9. The van der Waals surface area contributed by atoms with Crippen molar-refractivity contribution in [3.05, 3.63) is 45.9 Å². The van der Waals surface area contributed by atoms with E-state index in [4.69, 9.17) is 4.98 Å². The SMILES string of the molecule is O=C(CC1CSc2nc3c(c(=O)n21)CCCC3)Nc1nc2ccccc2s1. The van der Waals surface area contributed by atoms with E-state index >= 15 is 0 Å². The molecule has 6 nitrogen and oxygen atoms in total. The molecule has 2 aliphatic rings. The van der Waals surface area contributed by atoms with E-state index in [0.717, 1.165) is 52.3 Å². The van der Waals surface area contributed by atoms with E-state index in [2.05, 4.69) is 10.3 Å². The normalized spacial score (nSPS) is 18.3.